The minimum Gasteiger partial charge on any atom is -0.300 e. The molecule has 3 rings (SSSR count). The lowest BCUT2D eigenvalue weighted by Crippen LogP contribution is -2.11. The van der Waals surface area contributed by atoms with Crippen LogP contribution in [0.15, 0.2) is 53.6 Å². The van der Waals surface area contributed by atoms with Crippen LogP contribution in [0.1, 0.15) is 5.56 Å². The van der Waals surface area contributed by atoms with Crippen LogP contribution < -0.4 is 5.56 Å². The van der Waals surface area contributed by atoms with Crippen LogP contribution in [0.25, 0.3) is 16.6 Å². The SMILES string of the molecule is Cc1ccc2c(=O)ncn(-c3cccc(Cl)c3)c2c1. The zero-order valence-corrected chi connectivity index (χ0v) is 11.1. The maximum absolute atomic E-state index is 11.8. The first-order valence-electron chi connectivity index (χ1n) is 5.89. The van der Waals surface area contributed by atoms with Gasteiger partial charge < -0.3 is 4.57 Å². The summed E-state index contributed by atoms with van der Waals surface area (Å²) in [6, 6.07) is 13.1. The number of aryl methyl sites for hydroxylation is 1. The number of benzene rings is 2. The second kappa shape index (κ2) is 4.52. The summed E-state index contributed by atoms with van der Waals surface area (Å²) < 4.78 is 1.87. The van der Waals surface area contributed by atoms with Crippen LogP contribution in [0, 0.1) is 6.92 Å². The summed E-state index contributed by atoms with van der Waals surface area (Å²) in [5, 5.41) is 1.25. The highest BCUT2D eigenvalue weighted by Gasteiger charge is 2.06. The molecule has 94 valence electrons. The Balaban J connectivity index is 2.39. The lowest BCUT2D eigenvalue weighted by atomic mass is 10.1. The minimum atomic E-state index is -0.215. The van der Waals surface area contributed by atoms with Gasteiger partial charge in [-0.3, -0.25) is 4.79 Å². The summed E-state index contributed by atoms with van der Waals surface area (Å²) in [6.07, 6.45) is 1.54. The van der Waals surface area contributed by atoms with Gasteiger partial charge in [0.15, 0.2) is 0 Å². The molecule has 0 saturated heterocycles. The van der Waals surface area contributed by atoms with Crippen molar-refractivity contribution >= 4 is 22.5 Å². The highest BCUT2D eigenvalue weighted by molar-refractivity contribution is 6.30. The van der Waals surface area contributed by atoms with Gasteiger partial charge in [-0.05, 0) is 42.8 Å². The zero-order chi connectivity index (χ0) is 13.4. The average molecular weight is 271 g/mol. The Hall–Kier alpha value is -2.13. The van der Waals surface area contributed by atoms with Gasteiger partial charge in [0.2, 0.25) is 0 Å². The predicted molar refractivity (Wildman–Crippen MR) is 77.1 cm³/mol. The van der Waals surface area contributed by atoms with Crippen molar-refractivity contribution < 1.29 is 0 Å². The molecule has 0 fully saturated rings. The fourth-order valence-electron chi connectivity index (χ4n) is 2.10. The molecular formula is C15H11ClN2O. The van der Waals surface area contributed by atoms with Gasteiger partial charge in [0.05, 0.1) is 10.9 Å². The third-order valence-corrected chi connectivity index (χ3v) is 3.26. The fourth-order valence-corrected chi connectivity index (χ4v) is 2.28. The lowest BCUT2D eigenvalue weighted by molar-refractivity contribution is 1.01. The lowest BCUT2D eigenvalue weighted by Gasteiger charge is -2.10. The molecular weight excluding hydrogens is 260 g/mol. The Labute approximate surface area is 115 Å². The third kappa shape index (κ3) is 2.13. The molecule has 1 heterocycles. The number of halogens is 1. The monoisotopic (exact) mass is 270 g/mol. The number of nitrogens with zero attached hydrogens (tertiary/aromatic N) is 2. The summed E-state index contributed by atoms with van der Waals surface area (Å²) in [5.74, 6) is 0. The molecule has 0 spiro atoms. The van der Waals surface area contributed by atoms with Crippen molar-refractivity contribution in [2.75, 3.05) is 0 Å². The number of hydrogen-bond acceptors (Lipinski definition) is 2. The van der Waals surface area contributed by atoms with E-state index in [1.807, 2.05) is 47.9 Å². The minimum absolute atomic E-state index is 0.215. The molecule has 2 aromatic carbocycles. The van der Waals surface area contributed by atoms with Crippen LogP contribution >= 0.6 is 11.6 Å². The van der Waals surface area contributed by atoms with Crippen molar-refractivity contribution in [1.82, 2.24) is 9.55 Å². The van der Waals surface area contributed by atoms with Gasteiger partial charge >= 0.3 is 0 Å². The van der Waals surface area contributed by atoms with Crippen LogP contribution in [0.4, 0.5) is 0 Å². The van der Waals surface area contributed by atoms with Gasteiger partial charge in [-0.15, -0.1) is 0 Å². The van der Waals surface area contributed by atoms with Crippen LogP contribution in [-0.4, -0.2) is 9.55 Å². The summed E-state index contributed by atoms with van der Waals surface area (Å²) in [6.45, 7) is 1.99. The first-order chi connectivity index (χ1) is 9.15. The quantitative estimate of drug-likeness (QED) is 0.680. The molecule has 0 aliphatic rings. The number of aromatic nitrogens is 2. The summed E-state index contributed by atoms with van der Waals surface area (Å²) >= 11 is 6.01. The van der Waals surface area contributed by atoms with E-state index in [0.717, 1.165) is 16.8 Å². The fraction of sp³-hybridized carbons (Fsp3) is 0.0667. The van der Waals surface area contributed by atoms with Gasteiger partial charge in [-0.25, -0.2) is 0 Å². The van der Waals surface area contributed by atoms with E-state index in [-0.39, 0.29) is 5.56 Å². The first kappa shape index (κ1) is 11.9. The van der Waals surface area contributed by atoms with Gasteiger partial charge in [0.25, 0.3) is 5.56 Å². The molecule has 0 saturated carbocycles. The molecule has 0 aliphatic carbocycles. The maximum atomic E-state index is 11.8. The first-order valence-corrected chi connectivity index (χ1v) is 6.27. The van der Waals surface area contributed by atoms with Crippen molar-refractivity contribution in [3.05, 3.63) is 69.7 Å². The van der Waals surface area contributed by atoms with E-state index in [2.05, 4.69) is 4.98 Å². The van der Waals surface area contributed by atoms with Crippen LogP contribution in [0.3, 0.4) is 0 Å². The van der Waals surface area contributed by atoms with Crippen molar-refractivity contribution in [3.63, 3.8) is 0 Å². The molecule has 0 aliphatic heterocycles. The number of rotatable bonds is 1. The van der Waals surface area contributed by atoms with E-state index in [1.165, 1.54) is 6.33 Å². The molecule has 4 heteroatoms. The summed E-state index contributed by atoms with van der Waals surface area (Å²) in [5.41, 5.74) is 2.60. The largest absolute Gasteiger partial charge is 0.300 e. The van der Waals surface area contributed by atoms with Crippen molar-refractivity contribution in [1.29, 1.82) is 0 Å². The number of hydrogen-bond donors (Lipinski definition) is 0. The van der Waals surface area contributed by atoms with Crippen molar-refractivity contribution in [3.8, 4) is 5.69 Å². The molecule has 0 radical (unpaired) electrons. The van der Waals surface area contributed by atoms with E-state index in [1.54, 1.807) is 6.07 Å². The van der Waals surface area contributed by atoms with E-state index < -0.39 is 0 Å². The molecule has 3 aromatic rings. The van der Waals surface area contributed by atoms with E-state index in [0.29, 0.717) is 10.4 Å². The zero-order valence-electron chi connectivity index (χ0n) is 10.3. The summed E-state index contributed by atoms with van der Waals surface area (Å²) in [4.78, 5) is 15.7. The maximum Gasteiger partial charge on any atom is 0.280 e. The highest BCUT2D eigenvalue weighted by Crippen LogP contribution is 2.19. The van der Waals surface area contributed by atoms with Gasteiger partial charge in [0.1, 0.15) is 6.33 Å². The van der Waals surface area contributed by atoms with Gasteiger partial charge in [-0.2, -0.15) is 4.98 Å². The smallest absolute Gasteiger partial charge is 0.280 e. The Bertz CT molecular complexity index is 824. The Morgan fingerprint density at radius 1 is 1.16 bits per heavy atom. The Kier molecular flexibility index (Phi) is 2.84. The number of fused-ring (bicyclic) bond motifs is 1. The molecule has 0 N–H and O–H groups in total. The predicted octanol–water partition coefficient (Wildman–Crippen LogP) is 3.35. The van der Waals surface area contributed by atoms with Gasteiger partial charge in [0, 0.05) is 10.7 Å². The normalized spacial score (nSPS) is 10.8. The van der Waals surface area contributed by atoms with Crippen LogP contribution in [0.2, 0.25) is 5.02 Å². The Morgan fingerprint density at radius 3 is 2.79 bits per heavy atom. The van der Waals surface area contributed by atoms with Crippen molar-refractivity contribution in [2.45, 2.75) is 6.92 Å². The molecule has 0 unspecified atom stereocenters. The van der Waals surface area contributed by atoms with E-state index in [9.17, 15) is 4.79 Å². The van der Waals surface area contributed by atoms with Crippen LogP contribution in [0.5, 0.6) is 0 Å². The van der Waals surface area contributed by atoms with E-state index >= 15 is 0 Å². The highest BCUT2D eigenvalue weighted by atomic mass is 35.5. The van der Waals surface area contributed by atoms with Gasteiger partial charge in [-0.1, -0.05) is 23.7 Å². The van der Waals surface area contributed by atoms with Crippen LogP contribution in [-0.2, 0) is 0 Å². The second-order valence-corrected chi connectivity index (χ2v) is 4.86. The van der Waals surface area contributed by atoms with E-state index in [4.69, 9.17) is 11.6 Å². The molecule has 19 heavy (non-hydrogen) atoms. The summed E-state index contributed by atoms with van der Waals surface area (Å²) in [7, 11) is 0. The second-order valence-electron chi connectivity index (χ2n) is 4.42. The molecule has 1 aromatic heterocycles. The molecule has 0 atom stereocenters. The Morgan fingerprint density at radius 2 is 2.00 bits per heavy atom. The average Bonchev–Trinajstić information content (AvgIpc) is 2.39. The topological polar surface area (TPSA) is 34.9 Å². The molecule has 3 nitrogen and oxygen atoms in total. The van der Waals surface area contributed by atoms with Crippen molar-refractivity contribution in [2.24, 2.45) is 0 Å². The third-order valence-electron chi connectivity index (χ3n) is 3.02. The standard InChI is InChI=1S/C15H11ClN2O/c1-10-5-6-13-14(7-10)18(9-17-15(13)19)12-4-2-3-11(16)8-12/h2-9H,1H3. The molecule has 0 amide bonds. The molecule has 0 bridgehead atoms.